The first kappa shape index (κ1) is 15.1. The molecule has 1 aliphatic heterocycles. The van der Waals surface area contributed by atoms with Gasteiger partial charge in [0.05, 0.1) is 5.69 Å². The second-order valence-electron chi connectivity index (χ2n) is 6.59. The fraction of sp³-hybridized carbons (Fsp3) is 0.368. The molecule has 3 heterocycles. The molecule has 2 aromatic heterocycles. The maximum atomic E-state index is 10.3. The number of phenolic OH excluding ortho intramolecular Hbond substituents is 1. The number of aromatic nitrogens is 2. The molecule has 0 aliphatic carbocycles. The number of hydrogen-bond donors (Lipinski definition) is 2. The van der Waals surface area contributed by atoms with Crippen LogP contribution in [-0.4, -0.2) is 28.2 Å². The molecule has 124 valence electrons. The third kappa shape index (κ3) is 2.65. The van der Waals surface area contributed by atoms with E-state index in [1.165, 1.54) is 0 Å². The van der Waals surface area contributed by atoms with Crippen molar-refractivity contribution in [2.75, 3.05) is 13.1 Å². The standard InChI is InChI=1S/C19H21N3O2/c1-11-8-12(2)17(15(23)9-11)14-5-6-16-18(21-14)22-19(24-16)13-4-3-7-20-10-13/h5-6,8-9,13,20,23H,3-4,7,10H2,1-2H3/t13-/m0/s1. The van der Waals surface area contributed by atoms with Crippen molar-refractivity contribution in [2.24, 2.45) is 0 Å². The van der Waals surface area contributed by atoms with Crippen molar-refractivity contribution < 1.29 is 9.52 Å². The van der Waals surface area contributed by atoms with E-state index in [1.54, 1.807) is 6.07 Å². The predicted molar refractivity (Wildman–Crippen MR) is 93.2 cm³/mol. The molecule has 1 aromatic carbocycles. The van der Waals surface area contributed by atoms with E-state index in [1.807, 2.05) is 32.0 Å². The smallest absolute Gasteiger partial charge is 0.201 e. The van der Waals surface area contributed by atoms with E-state index in [0.29, 0.717) is 17.1 Å². The monoisotopic (exact) mass is 323 g/mol. The van der Waals surface area contributed by atoms with Gasteiger partial charge < -0.3 is 14.8 Å². The van der Waals surface area contributed by atoms with Crippen LogP contribution in [0.4, 0.5) is 0 Å². The molecule has 1 atom stereocenters. The van der Waals surface area contributed by atoms with Crippen molar-refractivity contribution in [3.05, 3.63) is 41.3 Å². The van der Waals surface area contributed by atoms with Crippen molar-refractivity contribution in [1.29, 1.82) is 0 Å². The number of pyridine rings is 1. The Kier molecular flexibility index (Phi) is 3.73. The van der Waals surface area contributed by atoms with Crippen LogP contribution in [0.15, 0.2) is 28.7 Å². The second kappa shape index (κ2) is 5.91. The van der Waals surface area contributed by atoms with E-state index in [9.17, 15) is 5.11 Å². The highest BCUT2D eigenvalue weighted by atomic mass is 16.3. The number of aromatic hydroxyl groups is 1. The fourth-order valence-corrected chi connectivity index (χ4v) is 3.49. The van der Waals surface area contributed by atoms with Gasteiger partial charge in [0, 0.05) is 18.0 Å². The molecule has 0 unspecified atom stereocenters. The molecule has 5 nitrogen and oxygen atoms in total. The minimum absolute atomic E-state index is 0.250. The number of benzene rings is 1. The third-order valence-corrected chi connectivity index (χ3v) is 4.63. The Morgan fingerprint density at radius 2 is 2.08 bits per heavy atom. The minimum atomic E-state index is 0.250. The topological polar surface area (TPSA) is 71.2 Å². The zero-order valence-corrected chi connectivity index (χ0v) is 14.0. The zero-order valence-electron chi connectivity index (χ0n) is 14.0. The lowest BCUT2D eigenvalue weighted by molar-refractivity contribution is 0.387. The summed E-state index contributed by atoms with van der Waals surface area (Å²) in [5.41, 5.74) is 4.81. The number of nitrogens with zero attached hydrogens (tertiary/aromatic N) is 2. The molecule has 0 bridgehead atoms. The molecule has 1 saturated heterocycles. The van der Waals surface area contributed by atoms with Crippen molar-refractivity contribution in [3.63, 3.8) is 0 Å². The Hall–Kier alpha value is -2.40. The van der Waals surface area contributed by atoms with E-state index in [2.05, 4.69) is 15.3 Å². The number of oxazole rings is 1. The molecule has 2 N–H and O–H groups in total. The van der Waals surface area contributed by atoms with Crippen molar-refractivity contribution >= 4 is 11.2 Å². The molecule has 0 amide bonds. The minimum Gasteiger partial charge on any atom is -0.507 e. The van der Waals surface area contributed by atoms with Crippen LogP contribution in [0, 0.1) is 13.8 Å². The van der Waals surface area contributed by atoms with Gasteiger partial charge in [0.15, 0.2) is 11.2 Å². The van der Waals surface area contributed by atoms with Gasteiger partial charge in [-0.05, 0) is 62.6 Å². The third-order valence-electron chi connectivity index (χ3n) is 4.63. The van der Waals surface area contributed by atoms with Crippen LogP contribution in [0.25, 0.3) is 22.5 Å². The van der Waals surface area contributed by atoms with Crippen LogP contribution in [0.3, 0.4) is 0 Å². The highest BCUT2D eigenvalue weighted by Gasteiger charge is 2.21. The van der Waals surface area contributed by atoms with Gasteiger partial charge in [-0.1, -0.05) is 6.07 Å². The summed E-state index contributed by atoms with van der Waals surface area (Å²) in [6, 6.07) is 7.58. The molecule has 1 aliphatic rings. The Balaban J connectivity index is 1.76. The summed E-state index contributed by atoms with van der Waals surface area (Å²) >= 11 is 0. The Bertz CT molecular complexity index is 872. The number of fused-ring (bicyclic) bond motifs is 1. The van der Waals surface area contributed by atoms with Gasteiger partial charge in [0.1, 0.15) is 5.75 Å². The Morgan fingerprint density at radius 3 is 2.83 bits per heavy atom. The summed E-state index contributed by atoms with van der Waals surface area (Å²) < 4.78 is 5.90. The Labute approximate surface area is 140 Å². The zero-order chi connectivity index (χ0) is 16.7. The SMILES string of the molecule is Cc1cc(C)c(-c2ccc3oc([C@H]4CCCNC4)nc3n2)c(O)c1. The van der Waals surface area contributed by atoms with E-state index >= 15 is 0 Å². The highest BCUT2D eigenvalue weighted by Crippen LogP contribution is 2.34. The van der Waals surface area contributed by atoms with Crippen LogP contribution in [0.5, 0.6) is 5.75 Å². The predicted octanol–water partition coefficient (Wildman–Crippen LogP) is 3.68. The summed E-state index contributed by atoms with van der Waals surface area (Å²) in [6.45, 7) is 5.91. The molecule has 1 fully saturated rings. The normalized spacial score (nSPS) is 18.2. The van der Waals surface area contributed by atoms with Crippen LogP contribution in [0.1, 0.15) is 35.8 Å². The molecule has 4 rings (SSSR count). The summed E-state index contributed by atoms with van der Waals surface area (Å²) in [5, 5.41) is 13.7. The van der Waals surface area contributed by atoms with Gasteiger partial charge in [-0.2, -0.15) is 4.98 Å². The first-order chi connectivity index (χ1) is 11.6. The first-order valence-electron chi connectivity index (χ1n) is 8.40. The van der Waals surface area contributed by atoms with Crippen molar-refractivity contribution in [3.8, 4) is 17.0 Å². The molecule has 0 spiro atoms. The fourth-order valence-electron chi connectivity index (χ4n) is 3.49. The van der Waals surface area contributed by atoms with Crippen molar-refractivity contribution in [2.45, 2.75) is 32.6 Å². The van der Waals surface area contributed by atoms with Gasteiger partial charge in [-0.3, -0.25) is 0 Å². The van der Waals surface area contributed by atoms with Gasteiger partial charge in [-0.15, -0.1) is 0 Å². The molecular weight excluding hydrogens is 302 g/mol. The van der Waals surface area contributed by atoms with Crippen LogP contribution >= 0.6 is 0 Å². The maximum Gasteiger partial charge on any atom is 0.201 e. The van der Waals surface area contributed by atoms with E-state index in [0.717, 1.165) is 54.2 Å². The van der Waals surface area contributed by atoms with Crippen LogP contribution in [0.2, 0.25) is 0 Å². The molecule has 24 heavy (non-hydrogen) atoms. The Morgan fingerprint density at radius 1 is 1.21 bits per heavy atom. The largest absolute Gasteiger partial charge is 0.507 e. The summed E-state index contributed by atoms with van der Waals surface area (Å²) in [7, 11) is 0. The van der Waals surface area contributed by atoms with Gasteiger partial charge >= 0.3 is 0 Å². The quantitative estimate of drug-likeness (QED) is 0.753. The molecule has 3 aromatic rings. The molecule has 0 radical (unpaired) electrons. The molecular formula is C19H21N3O2. The number of rotatable bonds is 2. The number of nitrogens with one attached hydrogen (secondary N) is 1. The highest BCUT2D eigenvalue weighted by molar-refractivity contribution is 5.77. The number of aryl methyl sites for hydroxylation is 2. The summed E-state index contributed by atoms with van der Waals surface area (Å²) in [4.78, 5) is 9.23. The lowest BCUT2D eigenvalue weighted by atomic mass is 10.00. The lowest BCUT2D eigenvalue weighted by Crippen LogP contribution is -2.28. The summed E-state index contributed by atoms with van der Waals surface area (Å²) in [6.07, 6.45) is 2.23. The van der Waals surface area contributed by atoms with Crippen LogP contribution < -0.4 is 5.32 Å². The van der Waals surface area contributed by atoms with Gasteiger partial charge in [0.25, 0.3) is 0 Å². The first-order valence-corrected chi connectivity index (χ1v) is 8.40. The van der Waals surface area contributed by atoms with Gasteiger partial charge in [0.2, 0.25) is 5.89 Å². The average molecular weight is 323 g/mol. The second-order valence-corrected chi connectivity index (χ2v) is 6.59. The number of phenols is 1. The average Bonchev–Trinajstić information content (AvgIpc) is 2.98. The van der Waals surface area contributed by atoms with Crippen molar-refractivity contribution in [1.82, 2.24) is 15.3 Å². The van der Waals surface area contributed by atoms with Gasteiger partial charge in [-0.25, -0.2) is 4.98 Å². The van der Waals surface area contributed by atoms with E-state index < -0.39 is 0 Å². The molecule has 5 heteroatoms. The lowest BCUT2D eigenvalue weighted by Gasteiger charge is -2.19. The van der Waals surface area contributed by atoms with Crippen LogP contribution in [-0.2, 0) is 0 Å². The molecule has 0 saturated carbocycles. The van der Waals surface area contributed by atoms with E-state index in [4.69, 9.17) is 4.42 Å². The number of hydrogen-bond acceptors (Lipinski definition) is 5. The van der Waals surface area contributed by atoms with E-state index in [-0.39, 0.29) is 5.75 Å². The number of piperidine rings is 1. The summed E-state index contributed by atoms with van der Waals surface area (Å²) in [5.74, 6) is 1.32. The maximum absolute atomic E-state index is 10.3.